The number of hydrogen-bond acceptors (Lipinski definition) is 5. The van der Waals surface area contributed by atoms with Crippen LogP contribution in [-0.4, -0.2) is 59.9 Å². The molecule has 2 aromatic rings. The largest absolute Gasteiger partial charge is 0.445 e. The van der Waals surface area contributed by atoms with Crippen molar-refractivity contribution in [2.75, 3.05) is 26.2 Å². The Labute approximate surface area is 175 Å². The predicted molar refractivity (Wildman–Crippen MR) is 111 cm³/mol. The van der Waals surface area contributed by atoms with Gasteiger partial charge in [-0.3, -0.25) is 14.5 Å². The van der Waals surface area contributed by atoms with Gasteiger partial charge in [0.2, 0.25) is 0 Å². The molecule has 2 heterocycles. The van der Waals surface area contributed by atoms with Crippen LogP contribution in [0.15, 0.2) is 54.6 Å². The molecule has 0 aliphatic carbocycles. The number of nitrogens with one attached hydrogen (secondary N) is 1. The third-order valence-electron chi connectivity index (χ3n) is 5.64. The molecule has 7 heteroatoms. The lowest BCUT2D eigenvalue weighted by Gasteiger charge is -2.32. The van der Waals surface area contributed by atoms with E-state index < -0.39 is 6.09 Å². The van der Waals surface area contributed by atoms with Gasteiger partial charge in [0.15, 0.2) is 0 Å². The summed E-state index contributed by atoms with van der Waals surface area (Å²) in [5, 5.41) is 2.93. The topological polar surface area (TPSA) is 79.0 Å². The quantitative estimate of drug-likeness (QED) is 0.745. The number of likely N-dealkylation sites (tertiary alicyclic amines) is 1. The number of nitrogens with zero attached hydrogens (tertiary/aromatic N) is 2. The molecule has 0 aromatic heterocycles. The van der Waals surface area contributed by atoms with Gasteiger partial charge in [-0.15, -0.1) is 0 Å². The van der Waals surface area contributed by atoms with Crippen LogP contribution in [0.1, 0.15) is 39.1 Å². The second-order valence-corrected chi connectivity index (χ2v) is 7.63. The highest BCUT2D eigenvalue weighted by atomic mass is 16.5. The third kappa shape index (κ3) is 4.52. The molecule has 4 rings (SSSR count). The van der Waals surface area contributed by atoms with Crippen molar-refractivity contribution in [3.8, 4) is 0 Å². The van der Waals surface area contributed by atoms with Gasteiger partial charge >= 0.3 is 6.09 Å². The van der Waals surface area contributed by atoms with E-state index in [4.69, 9.17) is 4.74 Å². The number of carbonyl (C=O) groups excluding carboxylic acids is 3. The van der Waals surface area contributed by atoms with Gasteiger partial charge in [-0.1, -0.05) is 42.5 Å². The van der Waals surface area contributed by atoms with E-state index in [0.717, 1.165) is 31.5 Å². The molecule has 1 N–H and O–H groups in total. The highest BCUT2D eigenvalue weighted by Crippen LogP contribution is 2.22. The fourth-order valence-electron chi connectivity index (χ4n) is 3.92. The number of imide groups is 1. The Morgan fingerprint density at radius 2 is 1.50 bits per heavy atom. The Morgan fingerprint density at radius 3 is 2.13 bits per heavy atom. The summed E-state index contributed by atoms with van der Waals surface area (Å²) in [5.74, 6) is -0.429. The van der Waals surface area contributed by atoms with Gasteiger partial charge in [-0.05, 0) is 30.5 Å². The van der Waals surface area contributed by atoms with Crippen molar-refractivity contribution in [1.29, 1.82) is 0 Å². The lowest BCUT2D eigenvalue weighted by molar-refractivity contribution is 0.0626. The Morgan fingerprint density at radius 1 is 0.900 bits per heavy atom. The second-order valence-electron chi connectivity index (χ2n) is 7.63. The number of carbonyl (C=O) groups is 3. The molecule has 156 valence electrons. The van der Waals surface area contributed by atoms with Gasteiger partial charge in [0, 0.05) is 32.2 Å². The van der Waals surface area contributed by atoms with Crippen LogP contribution in [0.2, 0.25) is 0 Å². The van der Waals surface area contributed by atoms with Crippen molar-refractivity contribution in [2.24, 2.45) is 0 Å². The van der Waals surface area contributed by atoms with Crippen LogP contribution in [0.3, 0.4) is 0 Å². The van der Waals surface area contributed by atoms with Crippen LogP contribution >= 0.6 is 0 Å². The first kappa shape index (κ1) is 20.1. The molecule has 1 saturated heterocycles. The van der Waals surface area contributed by atoms with E-state index in [1.807, 2.05) is 30.3 Å². The van der Waals surface area contributed by atoms with Crippen LogP contribution < -0.4 is 5.32 Å². The fourth-order valence-corrected chi connectivity index (χ4v) is 3.92. The molecule has 2 aliphatic heterocycles. The van der Waals surface area contributed by atoms with E-state index >= 15 is 0 Å². The summed E-state index contributed by atoms with van der Waals surface area (Å²) >= 11 is 0. The number of alkyl carbamates (subject to hydrolysis) is 1. The van der Waals surface area contributed by atoms with Gasteiger partial charge in [-0.2, -0.15) is 0 Å². The molecular weight excluding hydrogens is 382 g/mol. The minimum Gasteiger partial charge on any atom is -0.445 e. The number of piperidine rings is 1. The number of fused-ring (bicyclic) bond motifs is 1. The molecule has 1 fully saturated rings. The third-order valence-corrected chi connectivity index (χ3v) is 5.64. The van der Waals surface area contributed by atoms with Crippen LogP contribution in [0, 0.1) is 0 Å². The molecule has 30 heavy (non-hydrogen) atoms. The minimum absolute atomic E-state index is 0.0730. The lowest BCUT2D eigenvalue weighted by atomic mass is 10.1. The second kappa shape index (κ2) is 9.09. The average molecular weight is 407 g/mol. The molecule has 3 amide bonds. The molecular formula is C23H25N3O4. The maximum atomic E-state index is 12.4. The van der Waals surface area contributed by atoms with Gasteiger partial charge < -0.3 is 15.0 Å². The Balaban J connectivity index is 1.18. The standard InChI is InChI=1S/C23H25N3O4/c27-21-19-8-4-5-9-20(19)22(28)26(21)15-14-25-12-10-18(11-13-25)24-23(29)30-16-17-6-2-1-3-7-17/h1-9,18H,10-16H2,(H,24,29). The number of benzene rings is 2. The Kier molecular flexibility index (Phi) is 6.09. The average Bonchev–Trinajstić information content (AvgIpc) is 3.03. The molecule has 7 nitrogen and oxygen atoms in total. The van der Waals surface area contributed by atoms with Crippen molar-refractivity contribution < 1.29 is 19.1 Å². The SMILES string of the molecule is O=C(NC1CCN(CCN2C(=O)c3ccccc3C2=O)CC1)OCc1ccccc1. The monoisotopic (exact) mass is 407 g/mol. The first-order valence-electron chi connectivity index (χ1n) is 10.3. The maximum Gasteiger partial charge on any atom is 0.407 e. The molecule has 2 aromatic carbocycles. The highest BCUT2D eigenvalue weighted by Gasteiger charge is 2.35. The number of ether oxygens (including phenoxy) is 1. The predicted octanol–water partition coefficient (Wildman–Crippen LogP) is 2.67. The summed E-state index contributed by atoms with van der Waals surface area (Å²) in [4.78, 5) is 40.5. The van der Waals surface area contributed by atoms with Crippen molar-refractivity contribution in [3.63, 3.8) is 0 Å². The van der Waals surface area contributed by atoms with Gasteiger partial charge in [0.1, 0.15) is 6.61 Å². The van der Waals surface area contributed by atoms with E-state index in [2.05, 4.69) is 10.2 Å². The summed E-state index contributed by atoms with van der Waals surface area (Å²) in [5.41, 5.74) is 1.93. The molecule has 0 radical (unpaired) electrons. The van der Waals surface area contributed by atoms with Crippen molar-refractivity contribution >= 4 is 17.9 Å². The van der Waals surface area contributed by atoms with Crippen LogP contribution in [0.4, 0.5) is 4.79 Å². The smallest absolute Gasteiger partial charge is 0.407 e. The first-order chi connectivity index (χ1) is 14.6. The van der Waals surface area contributed by atoms with E-state index in [9.17, 15) is 14.4 Å². The molecule has 0 atom stereocenters. The van der Waals surface area contributed by atoms with Crippen molar-refractivity contribution in [3.05, 3.63) is 71.3 Å². The molecule has 0 saturated carbocycles. The first-order valence-corrected chi connectivity index (χ1v) is 10.3. The molecule has 2 aliphatic rings. The zero-order valence-corrected chi connectivity index (χ0v) is 16.8. The fraction of sp³-hybridized carbons (Fsp3) is 0.348. The number of rotatable bonds is 6. The normalized spacial score (nSPS) is 17.1. The van der Waals surface area contributed by atoms with E-state index in [0.29, 0.717) is 24.2 Å². The summed E-state index contributed by atoms with van der Waals surface area (Å²) in [6, 6.07) is 16.6. The summed E-state index contributed by atoms with van der Waals surface area (Å²) in [7, 11) is 0. The molecule has 0 unspecified atom stereocenters. The summed E-state index contributed by atoms with van der Waals surface area (Å²) in [6.07, 6.45) is 1.22. The lowest BCUT2D eigenvalue weighted by Crippen LogP contribution is -2.47. The van der Waals surface area contributed by atoms with Crippen molar-refractivity contribution in [2.45, 2.75) is 25.5 Å². The summed E-state index contributed by atoms with van der Waals surface area (Å²) < 4.78 is 5.28. The van der Waals surface area contributed by atoms with Crippen LogP contribution in [0.5, 0.6) is 0 Å². The van der Waals surface area contributed by atoms with Crippen molar-refractivity contribution in [1.82, 2.24) is 15.1 Å². The highest BCUT2D eigenvalue weighted by molar-refractivity contribution is 6.21. The zero-order valence-electron chi connectivity index (χ0n) is 16.8. The van der Waals surface area contributed by atoms with E-state index in [1.54, 1.807) is 24.3 Å². The maximum absolute atomic E-state index is 12.4. The van der Waals surface area contributed by atoms with E-state index in [1.165, 1.54) is 4.90 Å². The van der Waals surface area contributed by atoms with E-state index in [-0.39, 0.29) is 24.5 Å². The minimum atomic E-state index is -0.400. The Bertz CT molecular complexity index is 888. The molecule has 0 bridgehead atoms. The zero-order chi connectivity index (χ0) is 20.9. The molecule has 0 spiro atoms. The Hall–Kier alpha value is -3.19. The van der Waals surface area contributed by atoms with Gasteiger partial charge in [0.05, 0.1) is 11.1 Å². The number of amides is 3. The van der Waals surface area contributed by atoms with Crippen LogP contribution in [-0.2, 0) is 11.3 Å². The van der Waals surface area contributed by atoms with Crippen LogP contribution in [0.25, 0.3) is 0 Å². The number of hydrogen-bond donors (Lipinski definition) is 1. The van der Waals surface area contributed by atoms with Gasteiger partial charge in [-0.25, -0.2) is 4.79 Å². The summed E-state index contributed by atoms with van der Waals surface area (Å²) in [6.45, 7) is 2.87. The van der Waals surface area contributed by atoms with Gasteiger partial charge in [0.25, 0.3) is 11.8 Å².